The predicted octanol–water partition coefficient (Wildman–Crippen LogP) is 2.65. The summed E-state index contributed by atoms with van der Waals surface area (Å²) < 4.78 is 1.80. The Kier molecular flexibility index (Phi) is 4.06. The number of nitrogens with zero attached hydrogens (tertiary/aromatic N) is 4. The molecule has 6 nitrogen and oxygen atoms in total. The Hall–Kier alpha value is -2.76. The average molecular weight is 309 g/mol. The van der Waals surface area contributed by atoms with Gasteiger partial charge in [-0.1, -0.05) is 12.1 Å². The van der Waals surface area contributed by atoms with E-state index in [0.29, 0.717) is 12.1 Å². The molecule has 0 aliphatic rings. The van der Waals surface area contributed by atoms with Gasteiger partial charge in [-0.15, -0.1) is 0 Å². The van der Waals surface area contributed by atoms with Crippen LogP contribution in [0.25, 0.3) is 10.9 Å². The summed E-state index contributed by atoms with van der Waals surface area (Å²) >= 11 is 0. The second-order valence-electron chi connectivity index (χ2n) is 5.73. The smallest absolute Gasteiger partial charge is 0.253 e. The van der Waals surface area contributed by atoms with Gasteiger partial charge in [0.15, 0.2) is 0 Å². The highest BCUT2D eigenvalue weighted by atomic mass is 16.1. The van der Waals surface area contributed by atoms with Gasteiger partial charge in [-0.3, -0.25) is 9.78 Å². The summed E-state index contributed by atoms with van der Waals surface area (Å²) in [6.45, 7) is 6.39. The molecule has 1 amide bonds. The predicted molar refractivity (Wildman–Crippen MR) is 88.1 cm³/mol. The van der Waals surface area contributed by atoms with Crippen molar-refractivity contribution in [2.75, 3.05) is 0 Å². The summed E-state index contributed by atoms with van der Waals surface area (Å²) in [6, 6.07) is 7.81. The van der Waals surface area contributed by atoms with Crippen LogP contribution < -0.4 is 5.32 Å². The topological polar surface area (TPSA) is 72.7 Å². The Balaban J connectivity index is 1.84. The van der Waals surface area contributed by atoms with Crippen molar-refractivity contribution in [3.63, 3.8) is 0 Å². The minimum absolute atomic E-state index is 0.160. The molecule has 1 aromatic carbocycles. The van der Waals surface area contributed by atoms with Crippen molar-refractivity contribution in [3.05, 3.63) is 53.7 Å². The molecular formula is C17H19N5O. The number of aryl methyl sites for hydroxylation is 1. The minimum atomic E-state index is -0.160. The Labute approximate surface area is 134 Å². The van der Waals surface area contributed by atoms with E-state index in [2.05, 4.69) is 20.4 Å². The summed E-state index contributed by atoms with van der Waals surface area (Å²) in [5, 5.41) is 8.07. The van der Waals surface area contributed by atoms with Crippen LogP contribution in [0.5, 0.6) is 0 Å². The standard InChI is InChI=1S/C17H19N5O/c1-11(2)22-15(20-10-21-22)9-19-17(23)14-7-6-12(3)13-5-4-8-18-16(13)14/h4-8,10-11H,9H2,1-3H3,(H,19,23). The van der Waals surface area contributed by atoms with Crippen LogP contribution in [0.3, 0.4) is 0 Å². The molecule has 0 aliphatic carbocycles. The summed E-state index contributed by atoms with van der Waals surface area (Å²) in [5.74, 6) is 0.574. The molecule has 2 aromatic heterocycles. The number of rotatable bonds is 4. The van der Waals surface area contributed by atoms with Gasteiger partial charge in [0, 0.05) is 17.6 Å². The molecule has 0 unspecified atom stereocenters. The van der Waals surface area contributed by atoms with Gasteiger partial charge in [0.2, 0.25) is 0 Å². The summed E-state index contributed by atoms with van der Waals surface area (Å²) in [4.78, 5) is 21.1. The van der Waals surface area contributed by atoms with Crippen LogP contribution in [0.15, 0.2) is 36.8 Å². The number of hydrogen-bond acceptors (Lipinski definition) is 4. The Morgan fingerprint density at radius 2 is 2.09 bits per heavy atom. The molecule has 3 rings (SSSR count). The largest absolute Gasteiger partial charge is 0.345 e. The summed E-state index contributed by atoms with van der Waals surface area (Å²) in [6.07, 6.45) is 3.21. The molecule has 0 fully saturated rings. The van der Waals surface area contributed by atoms with E-state index in [1.807, 2.05) is 45.0 Å². The van der Waals surface area contributed by atoms with Crippen LogP contribution >= 0.6 is 0 Å². The molecule has 0 saturated carbocycles. The third-order valence-electron chi connectivity index (χ3n) is 3.78. The van der Waals surface area contributed by atoms with Gasteiger partial charge in [-0.05, 0) is 38.5 Å². The summed E-state index contributed by atoms with van der Waals surface area (Å²) in [7, 11) is 0. The van der Waals surface area contributed by atoms with E-state index in [0.717, 1.165) is 22.3 Å². The van der Waals surface area contributed by atoms with Crippen molar-refractivity contribution in [1.82, 2.24) is 25.1 Å². The molecule has 0 radical (unpaired) electrons. The first-order valence-corrected chi connectivity index (χ1v) is 7.59. The molecule has 6 heteroatoms. The van der Waals surface area contributed by atoms with Crippen molar-refractivity contribution in [1.29, 1.82) is 0 Å². The third-order valence-corrected chi connectivity index (χ3v) is 3.78. The van der Waals surface area contributed by atoms with Crippen LogP contribution in [0, 0.1) is 6.92 Å². The van der Waals surface area contributed by atoms with Crippen LogP contribution in [0.2, 0.25) is 0 Å². The molecule has 3 aromatic rings. The van der Waals surface area contributed by atoms with Crippen molar-refractivity contribution in [3.8, 4) is 0 Å². The zero-order valence-electron chi connectivity index (χ0n) is 13.4. The van der Waals surface area contributed by atoms with E-state index in [4.69, 9.17) is 0 Å². The lowest BCUT2D eigenvalue weighted by molar-refractivity contribution is 0.0950. The van der Waals surface area contributed by atoms with Gasteiger partial charge in [0.05, 0.1) is 17.6 Å². The highest BCUT2D eigenvalue weighted by Crippen LogP contribution is 2.20. The van der Waals surface area contributed by atoms with E-state index in [1.165, 1.54) is 6.33 Å². The number of carbonyl (C=O) groups excluding carboxylic acids is 1. The maximum absolute atomic E-state index is 12.5. The van der Waals surface area contributed by atoms with Crippen LogP contribution in [0.4, 0.5) is 0 Å². The number of aromatic nitrogens is 4. The molecule has 118 valence electrons. The van der Waals surface area contributed by atoms with Gasteiger partial charge < -0.3 is 5.32 Å². The molecule has 2 heterocycles. The van der Waals surface area contributed by atoms with Crippen molar-refractivity contribution < 1.29 is 4.79 Å². The molecule has 1 N–H and O–H groups in total. The maximum atomic E-state index is 12.5. The number of hydrogen-bond donors (Lipinski definition) is 1. The second kappa shape index (κ2) is 6.16. The molecule has 0 bridgehead atoms. The van der Waals surface area contributed by atoms with E-state index in [1.54, 1.807) is 10.9 Å². The van der Waals surface area contributed by atoms with Crippen molar-refractivity contribution >= 4 is 16.8 Å². The lowest BCUT2D eigenvalue weighted by Crippen LogP contribution is -2.25. The van der Waals surface area contributed by atoms with Gasteiger partial charge in [-0.2, -0.15) is 5.10 Å². The fourth-order valence-corrected chi connectivity index (χ4v) is 2.58. The quantitative estimate of drug-likeness (QED) is 0.804. The number of benzene rings is 1. The zero-order chi connectivity index (χ0) is 16.4. The molecule has 23 heavy (non-hydrogen) atoms. The first-order chi connectivity index (χ1) is 11.1. The fourth-order valence-electron chi connectivity index (χ4n) is 2.58. The van der Waals surface area contributed by atoms with Gasteiger partial charge in [0.1, 0.15) is 12.2 Å². The van der Waals surface area contributed by atoms with Crippen LogP contribution in [0.1, 0.15) is 41.6 Å². The monoisotopic (exact) mass is 309 g/mol. The lowest BCUT2D eigenvalue weighted by atomic mass is 10.0. The minimum Gasteiger partial charge on any atom is -0.345 e. The molecule has 0 aliphatic heterocycles. The molecule has 0 saturated heterocycles. The maximum Gasteiger partial charge on any atom is 0.253 e. The number of fused-ring (bicyclic) bond motifs is 1. The highest BCUT2D eigenvalue weighted by Gasteiger charge is 2.14. The Bertz CT molecular complexity index is 853. The highest BCUT2D eigenvalue weighted by molar-refractivity contribution is 6.06. The van der Waals surface area contributed by atoms with E-state index < -0.39 is 0 Å². The van der Waals surface area contributed by atoms with Crippen LogP contribution in [-0.4, -0.2) is 25.7 Å². The van der Waals surface area contributed by atoms with Crippen molar-refractivity contribution in [2.45, 2.75) is 33.4 Å². The van der Waals surface area contributed by atoms with E-state index in [9.17, 15) is 4.79 Å². The first-order valence-electron chi connectivity index (χ1n) is 7.59. The lowest BCUT2D eigenvalue weighted by Gasteiger charge is -2.11. The average Bonchev–Trinajstić information content (AvgIpc) is 3.02. The van der Waals surface area contributed by atoms with Gasteiger partial charge >= 0.3 is 0 Å². The Morgan fingerprint density at radius 3 is 2.87 bits per heavy atom. The normalized spacial score (nSPS) is 11.1. The number of carbonyl (C=O) groups is 1. The van der Waals surface area contributed by atoms with Gasteiger partial charge in [0.25, 0.3) is 5.91 Å². The zero-order valence-corrected chi connectivity index (χ0v) is 13.4. The number of nitrogens with one attached hydrogen (secondary N) is 1. The van der Waals surface area contributed by atoms with Crippen LogP contribution in [-0.2, 0) is 6.54 Å². The second-order valence-corrected chi connectivity index (χ2v) is 5.73. The first kappa shape index (κ1) is 15.1. The molecular weight excluding hydrogens is 290 g/mol. The van der Waals surface area contributed by atoms with E-state index >= 15 is 0 Å². The number of amides is 1. The van der Waals surface area contributed by atoms with Crippen molar-refractivity contribution in [2.24, 2.45) is 0 Å². The molecule has 0 atom stereocenters. The molecule has 0 spiro atoms. The number of pyridine rings is 1. The SMILES string of the molecule is Cc1ccc(C(=O)NCc2ncnn2C(C)C)c2ncccc12. The summed E-state index contributed by atoms with van der Waals surface area (Å²) in [5.41, 5.74) is 2.39. The van der Waals surface area contributed by atoms with E-state index in [-0.39, 0.29) is 11.9 Å². The Morgan fingerprint density at radius 1 is 1.26 bits per heavy atom. The van der Waals surface area contributed by atoms with Gasteiger partial charge in [-0.25, -0.2) is 9.67 Å². The third kappa shape index (κ3) is 2.92. The fraction of sp³-hybridized carbons (Fsp3) is 0.294.